The maximum absolute atomic E-state index is 13.2. The van der Waals surface area contributed by atoms with Crippen LogP contribution >= 0.6 is 0 Å². The molecule has 0 spiro atoms. The number of unbranched alkanes of at least 4 members (excludes halogenated alkanes) is 1. The van der Waals surface area contributed by atoms with Gasteiger partial charge in [0.05, 0.1) is 20.8 Å². The Morgan fingerprint density at radius 3 is 2.22 bits per heavy atom. The Kier molecular flexibility index (Phi) is 9.05. The smallest absolute Gasteiger partial charge is 0.251 e. The summed E-state index contributed by atoms with van der Waals surface area (Å²) in [5.41, 5.74) is 0.595. The molecule has 1 aromatic carbocycles. The van der Waals surface area contributed by atoms with E-state index in [1.54, 1.807) is 26.4 Å². The predicted octanol–water partition coefficient (Wildman–Crippen LogP) is 3.56. The predicted molar refractivity (Wildman–Crippen MR) is 127 cm³/mol. The zero-order valence-corrected chi connectivity index (χ0v) is 20.4. The van der Waals surface area contributed by atoms with Crippen LogP contribution < -0.4 is 19.5 Å². The molecule has 1 amide bonds. The summed E-state index contributed by atoms with van der Waals surface area (Å²) in [4.78, 5) is 18.2. The number of rotatable bonds is 10. The Hall–Kier alpha value is -1.99. The maximum atomic E-state index is 13.2. The van der Waals surface area contributed by atoms with Crippen LogP contribution in [0.5, 0.6) is 17.2 Å². The molecule has 0 bridgehead atoms. The van der Waals surface area contributed by atoms with E-state index in [1.807, 2.05) is 0 Å². The van der Waals surface area contributed by atoms with Crippen molar-refractivity contribution in [1.29, 1.82) is 0 Å². The molecule has 32 heavy (non-hydrogen) atoms. The van der Waals surface area contributed by atoms with Gasteiger partial charge < -0.3 is 24.4 Å². The number of carbonyl (C=O) groups excluding carboxylic acids is 1. The van der Waals surface area contributed by atoms with E-state index in [-0.39, 0.29) is 11.4 Å². The molecule has 1 aliphatic heterocycles. The molecule has 1 heterocycles. The lowest BCUT2D eigenvalue weighted by Crippen LogP contribution is -2.61. The normalized spacial score (nSPS) is 19.4. The van der Waals surface area contributed by atoms with Crippen LogP contribution in [0, 0.1) is 0 Å². The molecule has 7 heteroatoms. The summed E-state index contributed by atoms with van der Waals surface area (Å²) in [6.45, 7) is 7.69. The molecule has 0 unspecified atom stereocenters. The lowest BCUT2D eigenvalue weighted by Gasteiger charge is -2.49. The van der Waals surface area contributed by atoms with E-state index in [4.69, 9.17) is 14.2 Å². The summed E-state index contributed by atoms with van der Waals surface area (Å²) in [5, 5.41) is 3.25. The summed E-state index contributed by atoms with van der Waals surface area (Å²) in [7, 11) is 5.37. The van der Waals surface area contributed by atoms with Crippen LogP contribution in [0.4, 0.5) is 0 Å². The van der Waals surface area contributed by atoms with Crippen molar-refractivity contribution < 1.29 is 19.0 Å². The van der Waals surface area contributed by atoms with Gasteiger partial charge in [0.2, 0.25) is 5.75 Å². The first-order chi connectivity index (χ1) is 15.5. The summed E-state index contributed by atoms with van der Waals surface area (Å²) in [6.07, 6.45) is 8.03. The van der Waals surface area contributed by atoms with E-state index in [0.29, 0.717) is 36.0 Å². The van der Waals surface area contributed by atoms with Crippen molar-refractivity contribution >= 4 is 5.91 Å². The highest BCUT2D eigenvalue weighted by Gasteiger charge is 2.39. The number of benzene rings is 1. The number of carbonyl (C=O) groups is 1. The van der Waals surface area contributed by atoms with Crippen LogP contribution in [0.1, 0.15) is 62.2 Å². The lowest BCUT2D eigenvalue weighted by atomic mass is 9.79. The van der Waals surface area contributed by atoms with Crippen LogP contribution in [-0.2, 0) is 0 Å². The molecule has 1 N–H and O–H groups in total. The number of ether oxygens (including phenoxy) is 3. The van der Waals surface area contributed by atoms with Crippen LogP contribution in [0.2, 0.25) is 0 Å². The number of hydrogen-bond acceptors (Lipinski definition) is 6. The second-order valence-electron chi connectivity index (χ2n) is 9.17. The van der Waals surface area contributed by atoms with Crippen molar-refractivity contribution in [3.8, 4) is 17.2 Å². The molecule has 1 aliphatic carbocycles. The average molecular weight is 448 g/mol. The molecule has 7 nitrogen and oxygen atoms in total. The van der Waals surface area contributed by atoms with Crippen molar-refractivity contribution in [2.24, 2.45) is 0 Å². The Bertz CT molecular complexity index is 716. The molecule has 0 radical (unpaired) electrons. The third-order valence-corrected chi connectivity index (χ3v) is 7.00. The molecule has 0 aromatic heterocycles. The Balaban J connectivity index is 1.73. The zero-order valence-electron chi connectivity index (χ0n) is 20.4. The lowest BCUT2D eigenvalue weighted by molar-refractivity contribution is 0.0138. The minimum Gasteiger partial charge on any atom is -0.493 e. The third-order valence-electron chi connectivity index (χ3n) is 7.00. The maximum Gasteiger partial charge on any atom is 0.251 e. The number of nitrogens with one attached hydrogen (secondary N) is 1. The van der Waals surface area contributed by atoms with Crippen molar-refractivity contribution in [3.05, 3.63) is 17.7 Å². The van der Waals surface area contributed by atoms with Gasteiger partial charge >= 0.3 is 0 Å². The second kappa shape index (κ2) is 11.8. The molecular weight excluding hydrogens is 406 g/mol. The van der Waals surface area contributed by atoms with Gasteiger partial charge in [0, 0.05) is 43.8 Å². The fraction of sp³-hybridized carbons (Fsp3) is 0.720. The second-order valence-corrected chi connectivity index (χ2v) is 9.17. The van der Waals surface area contributed by atoms with Gasteiger partial charge in [-0.05, 0) is 38.4 Å². The number of nitrogens with zero attached hydrogens (tertiary/aromatic N) is 2. The van der Waals surface area contributed by atoms with Crippen LogP contribution in [-0.4, -0.2) is 81.8 Å². The summed E-state index contributed by atoms with van der Waals surface area (Å²) in [5.74, 6) is 1.51. The van der Waals surface area contributed by atoms with E-state index in [0.717, 1.165) is 51.9 Å². The van der Waals surface area contributed by atoms with Gasteiger partial charge in [-0.2, -0.15) is 0 Å². The first-order valence-corrected chi connectivity index (χ1v) is 12.1. The van der Waals surface area contributed by atoms with E-state index >= 15 is 0 Å². The third kappa shape index (κ3) is 5.87. The topological polar surface area (TPSA) is 63.3 Å². The molecule has 180 valence electrons. The first kappa shape index (κ1) is 24.6. The molecule has 2 fully saturated rings. The van der Waals surface area contributed by atoms with Crippen molar-refractivity contribution in [3.63, 3.8) is 0 Å². The highest BCUT2D eigenvalue weighted by Crippen LogP contribution is 2.39. The van der Waals surface area contributed by atoms with Crippen molar-refractivity contribution in [2.45, 2.75) is 57.4 Å². The standard InChI is InChI=1S/C25H41N3O4/c1-5-6-16-32-23-21(30-3)17-20(18-22(23)31-4)24(29)26-19-25(10-8-7-9-11-25)28-14-12-27(2)13-15-28/h17-18H,5-16,19H2,1-4H3,(H,26,29). The van der Waals surface area contributed by atoms with E-state index in [1.165, 1.54) is 19.3 Å². The van der Waals surface area contributed by atoms with Gasteiger partial charge in [-0.25, -0.2) is 0 Å². The average Bonchev–Trinajstić information content (AvgIpc) is 2.83. The number of likely N-dealkylation sites (N-methyl/N-ethyl adjacent to an activating group) is 1. The van der Waals surface area contributed by atoms with E-state index < -0.39 is 0 Å². The molecule has 1 saturated heterocycles. The minimum absolute atomic E-state index is 0.0621. The van der Waals surface area contributed by atoms with Gasteiger partial charge in [-0.15, -0.1) is 0 Å². The Morgan fingerprint density at radius 1 is 1.03 bits per heavy atom. The van der Waals surface area contributed by atoms with E-state index in [9.17, 15) is 4.79 Å². The van der Waals surface area contributed by atoms with Gasteiger partial charge in [0.25, 0.3) is 5.91 Å². The molecule has 2 aliphatic rings. The first-order valence-electron chi connectivity index (χ1n) is 12.1. The fourth-order valence-corrected chi connectivity index (χ4v) is 4.91. The van der Waals surface area contributed by atoms with Crippen LogP contribution in [0.3, 0.4) is 0 Å². The van der Waals surface area contributed by atoms with Crippen molar-refractivity contribution in [2.75, 3.05) is 60.6 Å². The number of methoxy groups -OCH3 is 2. The molecule has 0 atom stereocenters. The quantitative estimate of drug-likeness (QED) is 0.554. The molecule has 3 rings (SSSR count). The summed E-state index contributed by atoms with van der Waals surface area (Å²) >= 11 is 0. The van der Waals surface area contributed by atoms with Gasteiger partial charge in [0.15, 0.2) is 11.5 Å². The van der Waals surface area contributed by atoms with E-state index in [2.05, 4.69) is 29.1 Å². The minimum atomic E-state index is -0.0965. The number of hydrogen-bond donors (Lipinski definition) is 1. The number of amides is 1. The zero-order chi connectivity index (χ0) is 23.0. The fourth-order valence-electron chi connectivity index (χ4n) is 4.91. The van der Waals surface area contributed by atoms with Gasteiger partial charge in [0.1, 0.15) is 0 Å². The van der Waals surface area contributed by atoms with Crippen LogP contribution in [0.25, 0.3) is 0 Å². The number of piperazine rings is 1. The molecule has 1 aromatic rings. The largest absolute Gasteiger partial charge is 0.493 e. The molecular formula is C25H41N3O4. The summed E-state index contributed by atoms with van der Waals surface area (Å²) < 4.78 is 17.0. The van der Waals surface area contributed by atoms with Gasteiger partial charge in [-0.3, -0.25) is 9.69 Å². The Labute approximate surface area is 193 Å². The Morgan fingerprint density at radius 2 is 1.66 bits per heavy atom. The molecule has 1 saturated carbocycles. The van der Waals surface area contributed by atoms with Crippen molar-refractivity contribution in [1.82, 2.24) is 15.1 Å². The highest BCUT2D eigenvalue weighted by atomic mass is 16.5. The SMILES string of the molecule is CCCCOc1c(OC)cc(C(=O)NCC2(N3CCN(C)CC3)CCCCC2)cc1OC. The summed E-state index contributed by atoms with van der Waals surface area (Å²) in [6, 6.07) is 3.51. The highest BCUT2D eigenvalue weighted by molar-refractivity contribution is 5.95. The van der Waals surface area contributed by atoms with Crippen LogP contribution in [0.15, 0.2) is 12.1 Å². The van der Waals surface area contributed by atoms with Gasteiger partial charge in [-0.1, -0.05) is 32.6 Å². The monoisotopic (exact) mass is 447 g/mol.